The number of benzene rings is 1. The average Bonchev–Trinajstić information content (AvgIpc) is 3.02. The number of likely N-dealkylation sites (tertiary alicyclic amines) is 1. The van der Waals surface area contributed by atoms with Gasteiger partial charge in [-0.2, -0.15) is 0 Å². The lowest BCUT2D eigenvalue weighted by Crippen LogP contribution is -2.47. The van der Waals surface area contributed by atoms with Crippen LogP contribution in [0.4, 0.5) is 5.69 Å². The Hall–Kier alpha value is -0.840. The molecular weight excluding hydrogens is 364 g/mol. The number of anilines is 1. The lowest BCUT2D eigenvalue weighted by Gasteiger charge is -2.44. The van der Waals surface area contributed by atoms with Gasteiger partial charge in [-0.1, -0.05) is 43.5 Å². The highest BCUT2D eigenvalue weighted by molar-refractivity contribution is 7.80. The topological polar surface area (TPSA) is 24.5 Å². The molecule has 0 bridgehead atoms. The number of nitrogens with zero attached hydrogens (tertiary/aromatic N) is 1. The fourth-order valence-electron chi connectivity index (χ4n) is 4.78. The molecule has 1 aliphatic heterocycles. The molecule has 1 spiro atoms. The van der Waals surface area contributed by atoms with E-state index in [1.807, 2.05) is 24.3 Å². The van der Waals surface area contributed by atoms with Gasteiger partial charge in [0.25, 0.3) is 5.17 Å². The minimum absolute atomic E-state index is 0.401. The van der Waals surface area contributed by atoms with Crippen molar-refractivity contribution in [2.75, 3.05) is 25.0 Å². The minimum atomic E-state index is 0.401. The van der Waals surface area contributed by atoms with Crippen LogP contribution in [0, 0.1) is 5.92 Å². The van der Waals surface area contributed by atoms with Gasteiger partial charge in [0, 0.05) is 12.1 Å². The fraction of sp³-hybridized carbons (Fsp3) is 0.667. The summed E-state index contributed by atoms with van der Waals surface area (Å²) in [7, 11) is 0. The Kier molecular flexibility index (Phi) is 7.19. The highest BCUT2D eigenvalue weighted by Crippen LogP contribution is 2.44. The zero-order chi connectivity index (χ0) is 18.4. The van der Waals surface area contributed by atoms with Crippen LogP contribution in [-0.2, 0) is 4.74 Å². The molecule has 0 atom stereocenters. The molecule has 1 saturated carbocycles. The molecule has 144 valence electrons. The van der Waals surface area contributed by atoms with Crippen molar-refractivity contribution in [2.24, 2.45) is 5.92 Å². The molecule has 1 aromatic carbocycles. The minimum Gasteiger partial charge on any atom is -0.469 e. The summed E-state index contributed by atoms with van der Waals surface area (Å²) in [4.78, 5) is 2.67. The molecule has 3 nitrogen and oxygen atoms in total. The van der Waals surface area contributed by atoms with E-state index < -0.39 is 0 Å². The highest BCUT2D eigenvalue weighted by Gasteiger charge is 2.42. The second kappa shape index (κ2) is 9.38. The van der Waals surface area contributed by atoms with Gasteiger partial charge in [0.2, 0.25) is 0 Å². The van der Waals surface area contributed by atoms with Crippen LogP contribution in [-0.4, -0.2) is 35.3 Å². The summed E-state index contributed by atoms with van der Waals surface area (Å²) in [5.74, 6) is 0.955. The first-order valence-electron chi connectivity index (χ1n) is 10.1. The van der Waals surface area contributed by atoms with Gasteiger partial charge in [-0.25, -0.2) is 0 Å². The summed E-state index contributed by atoms with van der Waals surface area (Å²) in [5, 5.41) is 4.14. The SMILES string of the molecule is CCCC1CCC2(CCCN2CCOC(=S)Nc2ccccc2Cl)CC1. The molecular formula is C21H31ClN2OS. The van der Waals surface area contributed by atoms with Crippen LogP contribution in [0.1, 0.15) is 58.3 Å². The van der Waals surface area contributed by atoms with Crippen LogP contribution in [0.25, 0.3) is 0 Å². The molecule has 0 amide bonds. The molecule has 5 heteroatoms. The fourth-order valence-corrected chi connectivity index (χ4v) is 5.15. The summed E-state index contributed by atoms with van der Waals surface area (Å²) in [6.07, 6.45) is 10.9. The van der Waals surface area contributed by atoms with Gasteiger partial charge in [0.1, 0.15) is 6.61 Å². The number of ether oxygens (including phenoxy) is 1. The van der Waals surface area contributed by atoms with Gasteiger partial charge in [0.15, 0.2) is 0 Å². The Balaban J connectivity index is 1.44. The van der Waals surface area contributed by atoms with E-state index in [2.05, 4.69) is 17.1 Å². The molecule has 2 fully saturated rings. The molecule has 1 N–H and O–H groups in total. The maximum absolute atomic E-state index is 6.15. The van der Waals surface area contributed by atoms with Crippen molar-refractivity contribution in [1.82, 2.24) is 4.90 Å². The number of halogens is 1. The maximum Gasteiger partial charge on any atom is 0.261 e. The van der Waals surface area contributed by atoms with E-state index in [9.17, 15) is 0 Å². The Morgan fingerprint density at radius 2 is 2.08 bits per heavy atom. The van der Waals surface area contributed by atoms with Crippen molar-refractivity contribution >= 4 is 34.7 Å². The molecule has 2 aliphatic rings. The number of para-hydroxylation sites is 1. The zero-order valence-corrected chi connectivity index (χ0v) is 17.4. The number of thiocarbonyl (C=S) groups is 1. The van der Waals surface area contributed by atoms with E-state index in [1.54, 1.807) is 0 Å². The Morgan fingerprint density at radius 1 is 1.31 bits per heavy atom. The lowest BCUT2D eigenvalue weighted by atomic mass is 9.74. The van der Waals surface area contributed by atoms with Crippen LogP contribution in [0.5, 0.6) is 0 Å². The lowest BCUT2D eigenvalue weighted by molar-refractivity contribution is 0.0596. The molecule has 0 aromatic heterocycles. The first kappa shape index (κ1) is 19.9. The molecule has 0 radical (unpaired) electrons. The van der Waals surface area contributed by atoms with Gasteiger partial charge >= 0.3 is 0 Å². The number of hydrogen-bond acceptors (Lipinski definition) is 3. The molecule has 26 heavy (non-hydrogen) atoms. The van der Waals surface area contributed by atoms with Gasteiger partial charge in [-0.05, 0) is 75.3 Å². The number of nitrogens with one attached hydrogen (secondary N) is 1. The van der Waals surface area contributed by atoms with Gasteiger partial charge in [0.05, 0.1) is 10.7 Å². The van der Waals surface area contributed by atoms with Crippen LogP contribution in [0.15, 0.2) is 24.3 Å². The highest BCUT2D eigenvalue weighted by atomic mass is 35.5. The summed E-state index contributed by atoms with van der Waals surface area (Å²) in [5.41, 5.74) is 1.23. The first-order chi connectivity index (χ1) is 12.6. The predicted octanol–water partition coefficient (Wildman–Crippen LogP) is 5.88. The van der Waals surface area contributed by atoms with Crippen molar-refractivity contribution in [2.45, 2.75) is 63.8 Å². The summed E-state index contributed by atoms with van der Waals surface area (Å²) < 4.78 is 5.78. The van der Waals surface area contributed by atoms with E-state index in [1.165, 1.54) is 57.9 Å². The van der Waals surface area contributed by atoms with Crippen LogP contribution in [0.3, 0.4) is 0 Å². The molecule has 1 saturated heterocycles. The molecule has 0 unspecified atom stereocenters. The van der Waals surface area contributed by atoms with Crippen molar-refractivity contribution < 1.29 is 4.74 Å². The van der Waals surface area contributed by atoms with Gasteiger partial charge < -0.3 is 10.1 Å². The number of hydrogen-bond donors (Lipinski definition) is 1. The van der Waals surface area contributed by atoms with E-state index in [0.29, 0.717) is 22.3 Å². The van der Waals surface area contributed by atoms with Crippen molar-refractivity contribution in [3.63, 3.8) is 0 Å². The Labute approximate surface area is 168 Å². The number of rotatable bonds is 6. The van der Waals surface area contributed by atoms with Crippen LogP contribution < -0.4 is 5.32 Å². The monoisotopic (exact) mass is 394 g/mol. The predicted molar refractivity (Wildman–Crippen MR) is 114 cm³/mol. The van der Waals surface area contributed by atoms with E-state index in [0.717, 1.165) is 18.2 Å². The van der Waals surface area contributed by atoms with Gasteiger partial charge in [-0.3, -0.25) is 4.90 Å². The van der Waals surface area contributed by atoms with Crippen molar-refractivity contribution in [3.8, 4) is 0 Å². The maximum atomic E-state index is 6.15. The third-order valence-electron chi connectivity index (χ3n) is 6.18. The summed E-state index contributed by atoms with van der Waals surface area (Å²) in [6, 6.07) is 7.58. The van der Waals surface area contributed by atoms with E-state index in [-0.39, 0.29) is 0 Å². The Morgan fingerprint density at radius 3 is 2.81 bits per heavy atom. The summed E-state index contributed by atoms with van der Waals surface area (Å²) in [6.45, 7) is 5.11. The van der Waals surface area contributed by atoms with E-state index in [4.69, 9.17) is 28.6 Å². The molecule has 3 rings (SSSR count). The van der Waals surface area contributed by atoms with Gasteiger partial charge in [-0.15, -0.1) is 0 Å². The van der Waals surface area contributed by atoms with Crippen LogP contribution >= 0.6 is 23.8 Å². The standard InChI is InChI=1S/C21H31ClN2OS/c1-2-6-17-9-12-21(13-10-17)11-5-14-24(21)15-16-25-20(26)23-19-8-4-3-7-18(19)22/h3-4,7-8,17H,2,5-6,9-16H2,1H3,(H,23,26). The second-order valence-corrected chi connectivity index (χ2v) is 8.57. The molecule has 1 aliphatic carbocycles. The normalized spacial score (nSPS) is 26.2. The quantitative estimate of drug-likeness (QED) is 0.609. The first-order valence-corrected chi connectivity index (χ1v) is 10.8. The largest absolute Gasteiger partial charge is 0.469 e. The third kappa shape index (κ3) is 4.90. The van der Waals surface area contributed by atoms with Crippen molar-refractivity contribution in [1.29, 1.82) is 0 Å². The van der Waals surface area contributed by atoms with Crippen molar-refractivity contribution in [3.05, 3.63) is 29.3 Å². The van der Waals surface area contributed by atoms with E-state index >= 15 is 0 Å². The smallest absolute Gasteiger partial charge is 0.261 e. The molecule has 1 aromatic rings. The summed E-state index contributed by atoms with van der Waals surface area (Å²) >= 11 is 11.5. The third-order valence-corrected chi connectivity index (χ3v) is 6.73. The second-order valence-electron chi connectivity index (χ2n) is 7.79. The zero-order valence-electron chi connectivity index (χ0n) is 15.8. The van der Waals surface area contributed by atoms with Crippen LogP contribution in [0.2, 0.25) is 5.02 Å². The average molecular weight is 395 g/mol. The Bertz CT molecular complexity index is 601. The molecule has 1 heterocycles.